The number of hydrogen-bond acceptors (Lipinski definition) is 5. The number of rotatable bonds is 4. The van der Waals surface area contributed by atoms with Gasteiger partial charge in [0.25, 0.3) is 0 Å². The van der Waals surface area contributed by atoms with Crippen molar-refractivity contribution < 1.29 is 42.0 Å². The first-order chi connectivity index (χ1) is 4.95. The number of aliphatic carboxylic acids is 2. The van der Waals surface area contributed by atoms with Crippen LogP contribution >= 0.6 is 0 Å². The predicted molar refractivity (Wildman–Crippen MR) is 29.8 cm³/mol. The molecule has 0 rings (SSSR count). The summed E-state index contributed by atoms with van der Waals surface area (Å²) < 4.78 is 0. The first-order valence-electron chi connectivity index (χ1n) is 2.73. The Balaban J connectivity index is 0. The molecule has 1 radical (unpaired) electrons. The van der Waals surface area contributed by atoms with Crippen LogP contribution in [-0.2, 0) is 26.7 Å². The van der Waals surface area contributed by atoms with Crippen LogP contribution in [0.3, 0.4) is 0 Å². The number of carboxylic acids is 2. The molecule has 12 heavy (non-hydrogen) atoms. The minimum Gasteiger partial charge on any atom is -0.547 e. The number of aliphatic hydroxyl groups excluding tert-OH is 1. The summed E-state index contributed by atoms with van der Waals surface area (Å²) >= 11 is 0. The van der Waals surface area contributed by atoms with Crippen molar-refractivity contribution in [2.45, 2.75) is 12.5 Å². The van der Waals surface area contributed by atoms with E-state index in [9.17, 15) is 19.8 Å². The number of aliphatic hydroxyl groups is 1. The third-order valence-electron chi connectivity index (χ3n) is 1.00. The minimum absolute atomic E-state index is 0. The zero-order valence-electron chi connectivity index (χ0n) is 5.87. The normalized spacial score (nSPS) is 11.1. The first kappa shape index (κ1) is 13.7. The average Bonchev–Trinajstić information content (AvgIpc) is 1.87. The van der Waals surface area contributed by atoms with E-state index in [0.717, 1.165) is 0 Å². The van der Waals surface area contributed by atoms with Crippen LogP contribution in [-0.4, -0.2) is 23.1 Å². The van der Waals surface area contributed by atoms with Crippen LogP contribution in [0.5, 0.6) is 0 Å². The summed E-state index contributed by atoms with van der Waals surface area (Å²) in [6.07, 6.45) is -2.41. The van der Waals surface area contributed by atoms with Gasteiger partial charge in [0.05, 0.1) is 18.0 Å². The van der Waals surface area contributed by atoms with E-state index in [0.29, 0.717) is 0 Å². The van der Waals surface area contributed by atoms with Crippen molar-refractivity contribution in [2.24, 2.45) is 0 Å². The molecule has 1 N–H and O–H groups in total. The van der Waals surface area contributed by atoms with E-state index >= 15 is 0 Å². The Hall–Kier alpha value is -0.841. The molecule has 71 valence electrons. The SMILES string of the molecule is C=C(CC(O)C(=O)[O-])C(=O)[O-].[Cu+2]. The van der Waals surface area contributed by atoms with Crippen molar-refractivity contribution in [1.82, 2.24) is 0 Å². The molecule has 0 amide bonds. The van der Waals surface area contributed by atoms with Gasteiger partial charge in [0.2, 0.25) is 0 Å². The van der Waals surface area contributed by atoms with Crippen LogP contribution in [0.4, 0.5) is 0 Å². The third-order valence-corrected chi connectivity index (χ3v) is 1.00. The molecule has 0 aromatic carbocycles. The van der Waals surface area contributed by atoms with Gasteiger partial charge in [-0.15, -0.1) is 0 Å². The summed E-state index contributed by atoms with van der Waals surface area (Å²) in [5, 5.41) is 28.3. The Morgan fingerprint density at radius 1 is 1.42 bits per heavy atom. The smallest absolute Gasteiger partial charge is 0.547 e. The van der Waals surface area contributed by atoms with E-state index < -0.39 is 30.0 Å². The fraction of sp³-hybridized carbons (Fsp3) is 0.333. The Morgan fingerprint density at radius 2 is 1.83 bits per heavy atom. The van der Waals surface area contributed by atoms with Gasteiger partial charge < -0.3 is 24.9 Å². The Morgan fingerprint density at radius 3 is 2.08 bits per heavy atom. The maximum Gasteiger partial charge on any atom is 2.00 e. The van der Waals surface area contributed by atoms with E-state index in [-0.39, 0.29) is 17.1 Å². The average molecular weight is 222 g/mol. The van der Waals surface area contributed by atoms with Gasteiger partial charge in [-0.2, -0.15) is 0 Å². The number of carbonyl (C=O) groups excluding carboxylic acids is 2. The summed E-state index contributed by atoms with van der Waals surface area (Å²) in [6.45, 7) is 2.96. The van der Waals surface area contributed by atoms with Crippen molar-refractivity contribution in [1.29, 1.82) is 0 Å². The zero-order chi connectivity index (χ0) is 9.02. The second-order valence-corrected chi connectivity index (χ2v) is 1.93. The van der Waals surface area contributed by atoms with Crippen LogP contribution < -0.4 is 10.2 Å². The summed E-state index contributed by atoms with van der Waals surface area (Å²) in [4.78, 5) is 19.8. The molecule has 0 aliphatic heterocycles. The monoisotopic (exact) mass is 221 g/mol. The fourth-order valence-corrected chi connectivity index (χ4v) is 0.400. The van der Waals surface area contributed by atoms with Crippen molar-refractivity contribution in [3.05, 3.63) is 12.2 Å². The van der Waals surface area contributed by atoms with Crippen molar-refractivity contribution >= 4 is 11.9 Å². The molecule has 0 aromatic rings. The minimum atomic E-state index is -1.83. The van der Waals surface area contributed by atoms with E-state index in [2.05, 4.69) is 6.58 Å². The van der Waals surface area contributed by atoms with Gasteiger partial charge in [-0.05, 0) is 5.57 Å². The molecule has 1 atom stereocenters. The fourth-order valence-electron chi connectivity index (χ4n) is 0.400. The van der Waals surface area contributed by atoms with Gasteiger partial charge >= 0.3 is 17.1 Å². The molecule has 0 heterocycles. The van der Waals surface area contributed by atoms with Crippen LogP contribution in [0, 0.1) is 0 Å². The summed E-state index contributed by atoms with van der Waals surface area (Å²) in [6, 6.07) is 0. The van der Waals surface area contributed by atoms with Crippen molar-refractivity contribution in [2.75, 3.05) is 0 Å². The second kappa shape index (κ2) is 5.76. The molecule has 0 aromatic heterocycles. The molecular weight excluding hydrogens is 216 g/mol. The van der Waals surface area contributed by atoms with Gasteiger partial charge in [-0.25, -0.2) is 0 Å². The van der Waals surface area contributed by atoms with Gasteiger partial charge in [0.1, 0.15) is 0 Å². The molecule has 0 bridgehead atoms. The molecule has 0 saturated heterocycles. The van der Waals surface area contributed by atoms with E-state index in [4.69, 9.17) is 5.11 Å². The van der Waals surface area contributed by atoms with Crippen LogP contribution in [0.1, 0.15) is 6.42 Å². The van der Waals surface area contributed by atoms with E-state index in [1.807, 2.05) is 0 Å². The van der Waals surface area contributed by atoms with Crippen LogP contribution in [0.25, 0.3) is 0 Å². The maximum absolute atomic E-state index is 9.92. The predicted octanol–water partition coefficient (Wildman–Crippen LogP) is -3.21. The number of hydrogen-bond donors (Lipinski definition) is 1. The summed E-state index contributed by atoms with van der Waals surface area (Å²) in [5.41, 5.74) is -0.471. The molecule has 0 saturated carbocycles. The molecule has 0 aliphatic carbocycles. The van der Waals surface area contributed by atoms with Crippen molar-refractivity contribution in [3.8, 4) is 0 Å². The molecule has 0 spiro atoms. The zero-order valence-corrected chi connectivity index (χ0v) is 6.81. The third kappa shape index (κ3) is 4.90. The van der Waals surface area contributed by atoms with E-state index in [1.54, 1.807) is 0 Å². The Labute approximate surface area is 79.2 Å². The van der Waals surface area contributed by atoms with Crippen LogP contribution in [0.2, 0.25) is 0 Å². The number of carbonyl (C=O) groups is 2. The summed E-state index contributed by atoms with van der Waals surface area (Å²) in [5.74, 6) is -3.31. The van der Waals surface area contributed by atoms with Gasteiger partial charge in [0, 0.05) is 6.42 Å². The van der Waals surface area contributed by atoms with Crippen LogP contribution in [0.15, 0.2) is 12.2 Å². The van der Waals surface area contributed by atoms with Gasteiger partial charge in [0.15, 0.2) is 0 Å². The largest absolute Gasteiger partial charge is 2.00 e. The topological polar surface area (TPSA) is 100 Å². The molecule has 0 aliphatic rings. The molecule has 5 nitrogen and oxygen atoms in total. The first-order valence-corrected chi connectivity index (χ1v) is 2.73. The quantitative estimate of drug-likeness (QED) is 0.398. The molecule has 6 heteroatoms. The Kier molecular flexibility index (Phi) is 6.60. The van der Waals surface area contributed by atoms with Gasteiger partial charge in [-0.3, -0.25) is 0 Å². The van der Waals surface area contributed by atoms with Crippen molar-refractivity contribution in [3.63, 3.8) is 0 Å². The molecule has 0 fully saturated rings. The molecular formula is C6H6CuO5. The van der Waals surface area contributed by atoms with Gasteiger partial charge in [-0.1, -0.05) is 6.58 Å². The van der Waals surface area contributed by atoms with E-state index in [1.165, 1.54) is 0 Å². The Bertz CT molecular complexity index is 200. The maximum atomic E-state index is 9.92. The number of carboxylic acid groups (broad SMARTS) is 2. The molecule has 1 unspecified atom stereocenters. The standard InChI is InChI=1S/C6H8O5.Cu/c1-3(5(8)9)2-4(7)6(10)11;/h4,7H,1-2H2,(H,8,9)(H,10,11);/q;+2/p-2. The second-order valence-electron chi connectivity index (χ2n) is 1.93. The summed E-state index contributed by atoms with van der Waals surface area (Å²) in [7, 11) is 0.